The highest BCUT2D eigenvalue weighted by Gasteiger charge is 2.25. The minimum Gasteiger partial charge on any atom is -0.473 e. The maximum atomic E-state index is 12.9. The van der Waals surface area contributed by atoms with Gasteiger partial charge in [-0.15, -0.1) is 11.3 Å². The van der Waals surface area contributed by atoms with E-state index in [9.17, 15) is 9.59 Å². The summed E-state index contributed by atoms with van der Waals surface area (Å²) in [7, 11) is 0. The fourth-order valence-corrected chi connectivity index (χ4v) is 4.35. The number of amides is 1. The quantitative estimate of drug-likeness (QED) is 0.350. The average Bonchev–Trinajstić information content (AvgIpc) is 3.20. The third-order valence-corrected chi connectivity index (χ3v) is 6.27. The SMILES string of the molecule is N/C=C(/N)c1cc(CNC(=O)Cn2cnc3c(c2=O)N[C@H](c2ccc(Cl)cc2)CO3)sc1N. The number of halogens is 1. The molecule has 12 heteroatoms. The van der Waals surface area contributed by atoms with Crippen LogP contribution in [0, 0.1) is 0 Å². The summed E-state index contributed by atoms with van der Waals surface area (Å²) in [5, 5.41) is 7.05. The van der Waals surface area contributed by atoms with E-state index in [1.54, 1.807) is 18.2 Å². The number of rotatable bonds is 6. The van der Waals surface area contributed by atoms with E-state index in [4.69, 9.17) is 33.5 Å². The molecule has 3 heterocycles. The number of nitrogen functional groups attached to an aromatic ring is 1. The first-order chi connectivity index (χ1) is 15.9. The second kappa shape index (κ2) is 9.43. The standard InChI is InChI=1S/C21H22ClN7O3S/c22-12-3-1-11(2-4-12)16-9-32-20-18(28-16)21(31)29(10-27-20)8-17(30)26-7-13-5-14(15(24)6-23)19(25)33-13/h1-6,10,16,28H,7-9,23-25H2,(H,26,30)/b15-6+/t16-/m0/s1. The van der Waals surface area contributed by atoms with Gasteiger partial charge in [0.2, 0.25) is 11.8 Å². The third kappa shape index (κ3) is 4.89. The van der Waals surface area contributed by atoms with Crippen molar-refractivity contribution >= 4 is 45.2 Å². The van der Waals surface area contributed by atoms with Crippen LogP contribution in [-0.4, -0.2) is 22.1 Å². The summed E-state index contributed by atoms with van der Waals surface area (Å²) in [6.07, 6.45) is 2.56. The Kier molecular flexibility index (Phi) is 6.43. The third-order valence-electron chi connectivity index (χ3n) is 5.06. The van der Waals surface area contributed by atoms with Crippen molar-refractivity contribution in [2.45, 2.75) is 19.1 Å². The van der Waals surface area contributed by atoms with E-state index in [0.29, 0.717) is 27.9 Å². The number of hydrogen-bond acceptors (Lipinski definition) is 9. The van der Waals surface area contributed by atoms with Gasteiger partial charge in [0, 0.05) is 21.7 Å². The predicted molar refractivity (Wildman–Crippen MR) is 129 cm³/mol. The number of benzene rings is 1. The van der Waals surface area contributed by atoms with Crippen LogP contribution in [0.1, 0.15) is 22.0 Å². The molecule has 4 rings (SSSR count). The molecule has 0 aliphatic carbocycles. The van der Waals surface area contributed by atoms with Gasteiger partial charge in [-0.1, -0.05) is 23.7 Å². The topological polar surface area (TPSA) is 163 Å². The number of fused-ring (bicyclic) bond motifs is 1. The molecule has 10 nitrogen and oxygen atoms in total. The molecular weight excluding hydrogens is 466 g/mol. The van der Waals surface area contributed by atoms with Crippen molar-refractivity contribution in [2.75, 3.05) is 17.7 Å². The maximum Gasteiger partial charge on any atom is 0.281 e. The fraction of sp³-hybridized carbons (Fsp3) is 0.190. The molecule has 0 radical (unpaired) electrons. The monoisotopic (exact) mass is 487 g/mol. The Labute approximate surface area is 198 Å². The van der Waals surface area contributed by atoms with E-state index in [1.165, 1.54) is 28.4 Å². The first-order valence-electron chi connectivity index (χ1n) is 9.92. The number of aromatic nitrogens is 2. The zero-order chi connectivity index (χ0) is 23.5. The van der Waals surface area contributed by atoms with Crippen LogP contribution < -0.4 is 38.1 Å². The molecule has 0 unspecified atom stereocenters. The number of ether oxygens (including phenoxy) is 1. The van der Waals surface area contributed by atoms with Crippen molar-refractivity contribution in [1.29, 1.82) is 0 Å². The zero-order valence-electron chi connectivity index (χ0n) is 17.4. The lowest BCUT2D eigenvalue weighted by atomic mass is 10.1. The van der Waals surface area contributed by atoms with Gasteiger partial charge in [0.1, 0.15) is 19.5 Å². The minimum absolute atomic E-state index is 0.203. The van der Waals surface area contributed by atoms with Crippen LogP contribution in [-0.2, 0) is 17.9 Å². The predicted octanol–water partition coefficient (Wildman–Crippen LogP) is 1.62. The van der Waals surface area contributed by atoms with E-state index in [0.717, 1.165) is 10.4 Å². The maximum absolute atomic E-state index is 12.9. The number of hydrogen-bond donors (Lipinski definition) is 5. The summed E-state index contributed by atoms with van der Waals surface area (Å²) >= 11 is 7.25. The highest BCUT2D eigenvalue weighted by molar-refractivity contribution is 7.16. The highest BCUT2D eigenvalue weighted by Crippen LogP contribution is 2.30. The molecule has 1 atom stereocenters. The largest absolute Gasteiger partial charge is 0.473 e. The highest BCUT2D eigenvalue weighted by atomic mass is 35.5. The second-order valence-electron chi connectivity index (χ2n) is 7.31. The summed E-state index contributed by atoms with van der Waals surface area (Å²) < 4.78 is 6.87. The average molecular weight is 488 g/mol. The molecule has 0 saturated heterocycles. The molecule has 1 aliphatic rings. The zero-order valence-corrected chi connectivity index (χ0v) is 18.9. The van der Waals surface area contributed by atoms with E-state index >= 15 is 0 Å². The normalized spacial score (nSPS) is 15.3. The summed E-state index contributed by atoms with van der Waals surface area (Å²) in [4.78, 5) is 30.4. The van der Waals surface area contributed by atoms with Crippen LogP contribution in [0.25, 0.3) is 5.70 Å². The summed E-state index contributed by atoms with van der Waals surface area (Å²) in [5.74, 6) is -0.158. The summed E-state index contributed by atoms with van der Waals surface area (Å²) in [5.41, 5.74) is 18.9. The van der Waals surface area contributed by atoms with Gasteiger partial charge in [0.15, 0.2) is 5.69 Å². The fourth-order valence-electron chi connectivity index (χ4n) is 3.33. The van der Waals surface area contributed by atoms with Crippen molar-refractivity contribution in [3.63, 3.8) is 0 Å². The molecule has 0 fully saturated rings. The Morgan fingerprint density at radius 1 is 1.39 bits per heavy atom. The lowest BCUT2D eigenvalue weighted by molar-refractivity contribution is -0.121. The van der Waals surface area contributed by atoms with E-state index in [1.807, 2.05) is 12.1 Å². The lowest BCUT2D eigenvalue weighted by Gasteiger charge is -2.26. The van der Waals surface area contributed by atoms with Gasteiger partial charge in [-0.05, 0) is 23.8 Å². The molecule has 33 heavy (non-hydrogen) atoms. The van der Waals surface area contributed by atoms with Crippen molar-refractivity contribution in [3.8, 4) is 5.88 Å². The number of nitrogens with zero attached hydrogens (tertiary/aromatic N) is 2. The van der Waals surface area contributed by atoms with E-state index in [-0.39, 0.29) is 36.6 Å². The van der Waals surface area contributed by atoms with Crippen LogP contribution in [0.2, 0.25) is 5.02 Å². The minimum atomic E-state index is -0.405. The molecule has 3 aromatic rings. The molecular formula is C21H22ClN7O3S. The van der Waals surface area contributed by atoms with Crippen LogP contribution in [0.15, 0.2) is 47.7 Å². The number of nitrogens with one attached hydrogen (secondary N) is 2. The van der Waals surface area contributed by atoms with Gasteiger partial charge in [0.05, 0.1) is 23.3 Å². The van der Waals surface area contributed by atoms with Gasteiger partial charge < -0.3 is 32.6 Å². The molecule has 2 aromatic heterocycles. The molecule has 1 amide bonds. The number of carbonyl (C=O) groups is 1. The van der Waals surface area contributed by atoms with Crippen LogP contribution in [0.4, 0.5) is 10.7 Å². The van der Waals surface area contributed by atoms with Gasteiger partial charge in [-0.3, -0.25) is 14.2 Å². The van der Waals surface area contributed by atoms with Crippen molar-refractivity contribution < 1.29 is 9.53 Å². The number of thiophene rings is 1. The first-order valence-corrected chi connectivity index (χ1v) is 11.1. The Balaban J connectivity index is 1.43. The molecule has 0 bridgehead atoms. The van der Waals surface area contributed by atoms with Crippen molar-refractivity contribution in [3.05, 3.63) is 74.2 Å². The Morgan fingerprint density at radius 3 is 2.88 bits per heavy atom. The van der Waals surface area contributed by atoms with Crippen LogP contribution in [0.3, 0.4) is 0 Å². The summed E-state index contributed by atoms with van der Waals surface area (Å²) in [6.45, 7) is 0.338. The van der Waals surface area contributed by atoms with Crippen LogP contribution >= 0.6 is 22.9 Å². The first kappa shape index (κ1) is 22.5. The number of nitrogens with two attached hydrogens (primary N) is 3. The molecule has 8 N–H and O–H groups in total. The molecule has 1 aliphatic heterocycles. The van der Waals surface area contributed by atoms with Crippen LogP contribution in [0.5, 0.6) is 5.88 Å². The smallest absolute Gasteiger partial charge is 0.281 e. The Bertz CT molecular complexity index is 1270. The summed E-state index contributed by atoms with van der Waals surface area (Å²) in [6, 6.07) is 8.77. The molecule has 1 aromatic carbocycles. The lowest BCUT2D eigenvalue weighted by Crippen LogP contribution is -2.36. The molecule has 172 valence electrons. The Hall–Kier alpha value is -3.70. The van der Waals surface area contributed by atoms with Gasteiger partial charge in [-0.2, -0.15) is 0 Å². The van der Waals surface area contributed by atoms with E-state index < -0.39 is 5.56 Å². The second-order valence-corrected chi connectivity index (χ2v) is 8.91. The molecule has 0 spiro atoms. The number of anilines is 2. The van der Waals surface area contributed by atoms with Gasteiger partial charge in [-0.25, -0.2) is 4.98 Å². The van der Waals surface area contributed by atoms with Gasteiger partial charge >= 0.3 is 0 Å². The van der Waals surface area contributed by atoms with Crippen molar-refractivity contribution in [1.82, 2.24) is 14.9 Å². The van der Waals surface area contributed by atoms with E-state index in [2.05, 4.69) is 15.6 Å². The number of carbonyl (C=O) groups excluding carboxylic acids is 1. The van der Waals surface area contributed by atoms with Crippen molar-refractivity contribution in [2.24, 2.45) is 11.5 Å². The molecule has 0 saturated carbocycles. The van der Waals surface area contributed by atoms with Gasteiger partial charge in [0.25, 0.3) is 5.56 Å². The Morgan fingerprint density at radius 2 is 2.15 bits per heavy atom.